The van der Waals surface area contributed by atoms with E-state index in [1.165, 1.54) is 11.8 Å². The van der Waals surface area contributed by atoms with Crippen LogP contribution in [0, 0.1) is 6.92 Å². The van der Waals surface area contributed by atoms with Crippen LogP contribution in [0.4, 0.5) is 11.4 Å². The summed E-state index contributed by atoms with van der Waals surface area (Å²) in [5.41, 5.74) is 3.10. The molecule has 0 aromatic heterocycles. The van der Waals surface area contributed by atoms with Crippen molar-refractivity contribution in [2.75, 3.05) is 23.0 Å². The number of ether oxygens (including phenoxy) is 1. The molecule has 0 fully saturated rings. The highest BCUT2D eigenvalue weighted by Gasteiger charge is 2.09. The number of anilines is 2. The molecule has 6 heteroatoms. The molecule has 2 N–H and O–H groups in total. The number of hydrogen-bond acceptors (Lipinski definition) is 4. The summed E-state index contributed by atoms with van der Waals surface area (Å²) in [5.74, 6) is 0.675. The zero-order valence-corrected chi connectivity index (χ0v) is 17.8. The van der Waals surface area contributed by atoms with Gasteiger partial charge in [-0.3, -0.25) is 9.59 Å². The molecule has 0 unspecified atom stereocenters. The minimum Gasteiger partial charge on any atom is -0.492 e. The number of para-hydroxylation sites is 2. The molecule has 0 spiro atoms. The number of carbonyl (C=O) groups is 2. The lowest BCUT2D eigenvalue weighted by atomic mass is 10.1. The van der Waals surface area contributed by atoms with E-state index >= 15 is 0 Å². The van der Waals surface area contributed by atoms with Gasteiger partial charge in [0.15, 0.2) is 0 Å². The van der Waals surface area contributed by atoms with E-state index in [1.807, 2.05) is 74.5 Å². The average molecular weight is 421 g/mol. The lowest BCUT2D eigenvalue weighted by Crippen LogP contribution is -2.15. The fourth-order valence-electron chi connectivity index (χ4n) is 2.73. The first kappa shape index (κ1) is 21.5. The van der Waals surface area contributed by atoms with Crippen molar-refractivity contribution in [1.29, 1.82) is 0 Å². The molecule has 0 saturated carbocycles. The average Bonchev–Trinajstić information content (AvgIpc) is 2.75. The van der Waals surface area contributed by atoms with Gasteiger partial charge in [0.05, 0.1) is 18.0 Å². The van der Waals surface area contributed by atoms with Gasteiger partial charge in [0.25, 0.3) is 5.91 Å². The Morgan fingerprint density at radius 2 is 1.60 bits per heavy atom. The van der Waals surface area contributed by atoms with Crippen LogP contribution in [0.5, 0.6) is 5.75 Å². The maximum absolute atomic E-state index is 12.3. The van der Waals surface area contributed by atoms with E-state index in [-0.39, 0.29) is 17.6 Å². The number of hydrogen-bond donors (Lipinski definition) is 2. The standard InChI is InChI=1S/C24H24N2O3S/c1-3-29-22-7-5-4-6-21(22)26-23(27)16-30-20-14-12-19(13-15-20)25-24(28)18-10-8-17(2)9-11-18/h4-15H,3,16H2,1-2H3,(H,25,28)(H,26,27). The first-order valence-electron chi connectivity index (χ1n) is 9.67. The summed E-state index contributed by atoms with van der Waals surface area (Å²) in [5, 5.41) is 5.76. The van der Waals surface area contributed by atoms with Crippen LogP contribution in [0.3, 0.4) is 0 Å². The lowest BCUT2D eigenvalue weighted by Gasteiger charge is -2.11. The minimum atomic E-state index is -0.150. The maximum atomic E-state index is 12.3. The first-order chi connectivity index (χ1) is 14.5. The summed E-state index contributed by atoms with van der Waals surface area (Å²) in [6, 6.07) is 22.2. The SMILES string of the molecule is CCOc1ccccc1NC(=O)CSc1ccc(NC(=O)c2ccc(C)cc2)cc1. The molecule has 2 amide bonds. The fraction of sp³-hybridized carbons (Fsp3) is 0.167. The second kappa shape index (κ2) is 10.5. The minimum absolute atomic E-state index is 0.107. The predicted molar refractivity (Wildman–Crippen MR) is 123 cm³/mol. The maximum Gasteiger partial charge on any atom is 0.255 e. The highest BCUT2D eigenvalue weighted by molar-refractivity contribution is 8.00. The van der Waals surface area contributed by atoms with Crippen LogP contribution in [0.25, 0.3) is 0 Å². The first-order valence-corrected chi connectivity index (χ1v) is 10.7. The van der Waals surface area contributed by atoms with Gasteiger partial charge in [-0.15, -0.1) is 11.8 Å². The zero-order chi connectivity index (χ0) is 21.3. The predicted octanol–water partition coefficient (Wildman–Crippen LogP) is 5.38. The van der Waals surface area contributed by atoms with Gasteiger partial charge in [-0.2, -0.15) is 0 Å². The summed E-state index contributed by atoms with van der Waals surface area (Å²) in [4.78, 5) is 25.5. The van der Waals surface area contributed by atoms with Crippen LogP contribution in [-0.2, 0) is 4.79 Å². The number of carbonyl (C=O) groups excluding carboxylic acids is 2. The number of rotatable bonds is 8. The third-order valence-electron chi connectivity index (χ3n) is 4.26. The zero-order valence-electron chi connectivity index (χ0n) is 17.0. The number of thioether (sulfide) groups is 1. The van der Waals surface area contributed by atoms with Crippen LogP contribution >= 0.6 is 11.8 Å². The molecule has 154 valence electrons. The summed E-state index contributed by atoms with van der Waals surface area (Å²) in [7, 11) is 0. The third-order valence-corrected chi connectivity index (χ3v) is 5.27. The number of aryl methyl sites for hydroxylation is 1. The summed E-state index contributed by atoms with van der Waals surface area (Å²) >= 11 is 1.43. The van der Waals surface area contributed by atoms with E-state index in [0.29, 0.717) is 29.3 Å². The highest BCUT2D eigenvalue weighted by atomic mass is 32.2. The second-order valence-electron chi connectivity index (χ2n) is 6.61. The number of benzene rings is 3. The quantitative estimate of drug-likeness (QED) is 0.480. The van der Waals surface area contributed by atoms with E-state index < -0.39 is 0 Å². The van der Waals surface area contributed by atoms with E-state index in [4.69, 9.17) is 4.74 Å². The molecular weight excluding hydrogens is 396 g/mol. The third kappa shape index (κ3) is 6.12. The monoisotopic (exact) mass is 420 g/mol. The van der Waals surface area contributed by atoms with E-state index in [9.17, 15) is 9.59 Å². The Bertz CT molecular complexity index is 1000. The molecule has 0 saturated heterocycles. The molecule has 5 nitrogen and oxygen atoms in total. The molecule has 0 radical (unpaired) electrons. The Morgan fingerprint density at radius 1 is 0.900 bits per heavy atom. The van der Waals surface area contributed by atoms with Gasteiger partial charge in [0, 0.05) is 16.1 Å². The normalized spacial score (nSPS) is 10.3. The fourth-order valence-corrected chi connectivity index (χ4v) is 3.43. The van der Waals surface area contributed by atoms with Crippen molar-refractivity contribution in [1.82, 2.24) is 0 Å². The lowest BCUT2D eigenvalue weighted by molar-refractivity contribution is -0.113. The Kier molecular flexibility index (Phi) is 7.51. The molecule has 3 aromatic carbocycles. The molecule has 0 aliphatic rings. The number of amides is 2. The van der Waals surface area contributed by atoms with Crippen LogP contribution in [0.2, 0.25) is 0 Å². The Balaban J connectivity index is 1.51. The van der Waals surface area contributed by atoms with Gasteiger partial charge in [-0.05, 0) is 62.4 Å². The molecule has 0 bridgehead atoms. The van der Waals surface area contributed by atoms with Gasteiger partial charge in [-0.1, -0.05) is 29.8 Å². The van der Waals surface area contributed by atoms with Crippen LogP contribution in [-0.4, -0.2) is 24.2 Å². The molecule has 0 atom stereocenters. The number of nitrogens with one attached hydrogen (secondary N) is 2. The molecule has 0 heterocycles. The largest absolute Gasteiger partial charge is 0.492 e. The van der Waals surface area contributed by atoms with Gasteiger partial charge < -0.3 is 15.4 Å². The molecule has 30 heavy (non-hydrogen) atoms. The Labute approximate surface area is 180 Å². The summed E-state index contributed by atoms with van der Waals surface area (Å²) < 4.78 is 5.53. The van der Waals surface area contributed by atoms with Gasteiger partial charge >= 0.3 is 0 Å². The van der Waals surface area contributed by atoms with E-state index in [2.05, 4.69) is 10.6 Å². The van der Waals surface area contributed by atoms with Gasteiger partial charge in [0.2, 0.25) is 5.91 Å². The van der Waals surface area contributed by atoms with Crippen molar-refractivity contribution in [2.45, 2.75) is 18.7 Å². The van der Waals surface area contributed by atoms with Crippen molar-refractivity contribution in [3.63, 3.8) is 0 Å². The summed E-state index contributed by atoms with van der Waals surface area (Å²) in [6.45, 7) is 4.42. The van der Waals surface area contributed by atoms with Crippen molar-refractivity contribution >= 4 is 35.0 Å². The van der Waals surface area contributed by atoms with E-state index in [1.54, 1.807) is 12.1 Å². The molecular formula is C24H24N2O3S. The van der Waals surface area contributed by atoms with Crippen molar-refractivity contribution < 1.29 is 14.3 Å². The second-order valence-corrected chi connectivity index (χ2v) is 7.66. The molecule has 3 rings (SSSR count). The molecule has 3 aromatic rings. The van der Waals surface area contributed by atoms with Crippen LogP contribution in [0.15, 0.2) is 77.7 Å². The van der Waals surface area contributed by atoms with E-state index in [0.717, 1.165) is 10.5 Å². The topological polar surface area (TPSA) is 67.4 Å². The van der Waals surface area contributed by atoms with Crippen molar-refractivity contribution in [3.8, 4) is 5.75 Å². The smallest absolute Gasteiger partial charge is 0.255 e. The van der Waals surface area contributed by atoms with Crippen molar-refractivity contribution in [3.05, 3.63) is 83.9 Å². The Morgan fingerprint density at radius 3 is 2.30 bits per heavy atom. The summed E-state index contributed by atoms with van der Waals surface area (Å²) in [6.07, 6.45) is 0. The molecule has 0 aliphatic carbocycles. The molecule has 0 aliphatic heterocycles. The van der Waals surface area contributed by atoms with Crippen LogP contribution < -0.4 is 15.4 Å². The van der Waals surface area contributed by atoms with Crippen molar-refractivity contribution in [2.24, 2.45) is 0 Å². The van der Waals surface area contributed by atoms with Gasteiger partial charge in [-0.25, -0.2) is 0 Å². The Hall–Kier alpha value is -3.25. The van der Waals surface area contributed by atoms with Crippen LogP contribution in [0.1, 0.15) is 22.8 Å². The van der Waals surface area contributed by atoms with Gasteiger partial charge in [0.1, 0.15) is 5.75 Å². The highest BCUT2D eigenvalue weighted by Crippen LogP contribution is 2.25.